The third kappa shape index (κ3) is 3.07. The number of methoxy groups -OCH3 is 2. The van der Waals surface area contributed by atoms with Gasteiger partial charge in [-0.1, -0.05) is 6.92 Å². The van der Waals surface area contributed by atoms with E-state index in [1.54, 1.807) is 14.2 Å². The molecule has 0 saturated carbocycles. The Morgan fingerprint density at radius 1 is 1.10 bits per heavy atom. The Morgan fingerprint density at radius 3 is 2.43 bits per heavy atom. The first-order chi connectivity index (χ1) is 10.1. The standard InChI is InChI=1S/C16H21N3O2/c1-5-6-14-18-15(10(2)16(17)19-14)11-7-8-12(20-3)13(9-11)21-4/h7-9H,5-6H2,1-4H3,(H2,17,18,19). The van der Waals surface area contributed by atoms with Crippen molar-refractivity contribution in [1.29, 1.82) is 0 Å². The number of nitrogens with two attached hydrogens (primary N) is 1. The molecule has 0 atom stereocenters. The lowest BCUT2D eigenvalue weighted by molar-refractivity contribution is 0.355. The highest BCUT2D eigenvalue weighted by molar-refractivity contribution is 5.70. The number of aromatic nitrogens is 2. The van der Waals surface area contributed by atoms with Gasteiger partial charge in [0.2, 0.25) is 0 Å². The summed E-state index contributed by atoms with van der Waals surface area (Å²) in [6, 6.07) is 5.72. The first-order valence-corrected chi connectivity index (χ1v) is 6.96. The number of anilines is 1. The number of aryl methyl sites for hydroxylation is 1. The zero-order valence-corrected chi connectivity index (χ0v) is 12.9. The average molecular weight is 287 g/mol. The number of nitrogens with zero attached hydrogens (tertiary/aromatic N) is 2. The van der Waals surface area contributed by atoms with Crippen LogP contribution >= 0.6 is 0 Å². The lowest BCUT2D eigenvalue weighted by atomic mass is 10.1. The summed E-state index contributed by atoms with van der Waals surface area (Å²) < 4.78 is 10.6. The molecule has 0 spiro atoms. The van der Waals surface area contributed by atoms with Gasteiger partial charge in [-0.05, 0) is 31.5 Å². The van der Waals surface area contributed by atoms with Crippen molar-refractivity contribution < 1.29 is 9.47 Å². The van der Waals surface area contributed by atoms with Gasteiger partial charge in [0.15, 0.2) is 11.5 Å². The van der Waals surface area contributed by atoms with Gasteiger partial charge in [-0.2, -0.15) is 0 Å². The van der Waals surface area contributed by atoms with Crippen molar-refractivity contribution in [2.75, 3.05) is 20.0 Å². The monoisotopic (exact) mass is 287 g/mol. The maximum absolute atomic E-state index is 6.01. The summed E-state index contributed by atoms with van der Waals surface area (Å²) in [6.45, 7) is 4.02. The van der Waals surface area contributed by atoms with Crippen LogP contribution in [0.3, 0.4) is 0 Å². The molecule has 112 valence electrons. The second kappa shape index (κ2) is 6.43. The number of nitrogen functional groups attached to an aromatic ring is 1. The minimum Gasteiger partial charge on any atom is -0.493 e. The van der Waals surface area contributed by atoms with Gasteiger partial charge in [0.25, 0.3) is 0 Å². The zero-order valence-electron chi connectivity index (χ0n) is 12.9. The lowest BCUT2D eigenvalue weighted by Crippen LogP contribution is -2.05. The Labute approximate surface area is 125 Å². The Morgan fingerprint density at radius 2 is 1.81 bits per heavy atom. The van der Waals surface area contributed by atoms with Crippen molar-refractivity contribution in [3.8, 4) is 22.8 Å². The first-order valence-electron chi connectivity index (χ1n) is 6.96. The molecular weight excluding hydrogens is 266 g/mol. The fourth-order valence-electron chi connectivity index (χ4n) is 2.18. The average Bonchev–Trinajstić information content (AvgIpc) is 2.50. The van der Waals surface area contributed by atoms with Gasteiger partial charge < -0.3 is 15.2 Å². The van der Waals surface area contributed by atoms with Gasteiger partial charge >= 0.3 is 0 Å². The Bertz CT molecular complexity index is 642. The molecule has 0 aliphatic rings. The summed E-state index contributed by atoms with van der Waals surface area (Å²) in [5, 5.41) is 0. The van der Waals surface area contributed by atoms with Crippen LogP contribution in [0.4, 0.5) is 5.82 Å². The van der Waals surface area contributed by atoms with Gasteiger partial charge in [0.1, 0.15) is 11.6 Å². The number of ether oxygens (including phenoxy) is 2. The van der Waals surface area contributed by atoms with Gasteiger partial charge in [-0.15, -0.1) is 0 Å². The van der Waals surface area contributed by atoms with E-state index in [1.807, 2.05) is 25.1 Å². The highest BCUT2D eigenvalue weighted by Crippen LogP contribution is 2.33. The number of hydrogen-bond donors (Lipinski definition) is 1. The molecule has 0 saturated heterocycles. The van der Waals surface area contributed by atoms with E-state index in [-0.39, 0.29) is 0 Å². The van der Waals surface area contributed by atoms with Crippen molar-refractivity contribution in [3.63, 3.8) is 0 Å². The van der Waals surface area contributed by atoms with Gasteiger partial charge in [-0.25, -0.2) is 9.97 Å². The molecule has 2 rings (SSSR count). The Hall–Kier alpha value is -2.30. The van der Waals surface area contributed by atoms with Crippen molar-refractivity contribution in [3.05, 3.63) is 29.6 Å². The maximum Gasteiger partial charge on any atom is 0.161 e. The molecule has 1 aromatic heterocycles. The molecule has 21 heavy (non-hydrogen) atoms. The predicted molar refractivity (Wildman–Crippen MR) is 83.7 cm³/mol. The summed E-state index contributed by atoms with van der Waals surface area (Å²) >= 11 is 0. The van der Waals surface area contributed by atoms with E-state index in [0.29, 0.717) is 17.3 Å². The van der Waals surface area contributed by atoms with Gasteiger partial charge in [0, 0.05) is 17.5 Å². The molecule has 5 heteroatoms. The minimum absolute atomic E-state index is 0.526. The fraction of sp³-hybridized carbons (Fsp3) is 0.375. The van der Waals surface area contributed by atoms with Crippen LogP contribution in [0.5, 0.6) is 11.5 Å². The van der Waals surface area contributed by atoms with E-state index in [9.17, 15) is 0 Å². The van der Waals surface area contributed by atoms with Gasteiger partial charge in [0.05, 0.1) is 19.9 Å². The summed E-state index contributed by atoms with van der Waals surface area (Å²) in [4.78, 5) is 8.97. The van der Waals surface area contributed by atoms with Crippen LogP contribution in [0, 0.1) is 6.92 Å². The normalized spacial score (nSPS) is 10.5. The van der Waals surface area contributed by atoms with Crippen LogP contribution in [0.1, 0.15) is 24.7 Å². The molecule has 0 amide bonds. The zero-order chi connectivity index (χ0) is 15.4. The van der Waals surface area contributed by atoms with E-state index in [1.165, 1.54) is 0 Å². The molecule has 5 nitrogen and oxygen atoms in total. The maximum atomic E-state index is 6.01. The second-order valence-corrected chi connectivity index (χ2v) is 4.82. The number of benzene rings is 1. The third-order valence-corrected chi connectivity index (χ3v) is 3.36. The lowest BCUT2D eigenvalue weighted by Gasteiger charge is -2.12. The fourth-order valence-corrected chi connectivity index (χ4v) is 2.18. The molecular formula is C16H21N3O2. The van der Waals surface area contributed by atoms with Crippen LogP contribution in [0.2, 0.25) is 0 Å². The summed E-state index contributed by atoms with van der Waals surface area (Å²) in [6.07, 6.45) is 1.79. The molecule has 1 aromatic carbocycles. The van der Waals surface area contributed by atoms with E-state index in [4.69, 9.17) is 15.2 Å². The summed E-state index contributed by atoms with van der Waals surface area (Å²) in [7, 11) is 3.23. The smallest absolute Gasteiger partial charge is 0.161 e. The SMILES string of the molecule is CCCc1nc(N)c(C)c(-c2ccc(OC)c(OC)c2)n1. The Balaban J connectivity index is 2.55. The van der Waals surface area contributed by atoms with Crippen LogP contribution in [0.15, 0.2) is 18.2 Å². The first kappa shape index (κ1) is 15.1. The van der Waals surface area contributed by atoms with Crippen LogP contribution < -0.4 is 15.2 Å². The molecule has 2 aromatic rings. The van der Waals surface area contributed by atoms with Gasteiger partial charge in [-0.3, -0.25) is 0 Å². The minimum atomic E-state index is 0.526. The van der Waals surface area contributed by atoms with Crippen LogP contribution in [-0.4, -0.2) is 24.2 Å². The molecule has 0 fully saturated rings. The van der Waals surface area contributed by atoms with Crippen LogP contribution in [0.25, 0.3) is 11.3 Å². The molecule has 0 bridgehead atoms. The molecule has 1 heterocycles. The largest absolute Gasteiger partial charge is 0.493 e. The summed E-state index contributed by atoms with van der Waals surface area (Å²) in [5.74, 6) is 2.65. The molecule has 0 aliphatic carbocycles. The van der Waals surface area contributed by atoms with E-state index < -0.39 is 0 Å². The highest BCUT2D eigenvalue weighted by Gasteiger charge is 2.13. The molecule has 0 radical (unpaired) electrons. The third-order valence-electron chi connectivity index (χ3n) is 3.36. The number of rotatable bonds is 5. The summed E-state index contributed by atoms with van der Waals surface area (Å²) in [5.41, 5.74) is 8.67. The molecule has 2 N–H and O–H groups in total. The Kier molecular flexibility index (Phi) is 4.62. The van der Waals surface area contributed by atoms with E-state index in [0.717, 1.165) is 35.5 Å². The van der Waals surface area contributed by atoms with Crippen molar-refractivity contribution >= 4 is 5.82 Å². The second-order valence-electron chi connectivity index (χ2n) is 4.82. The quantitative estimate of drug-likeness (QED) is 0.915. The highest BCUT2D eigenvalue weighted by atomic mass is 16.5. The van der Waals surface area contributed by atoms with Crippen molar-refractivity contribution in [2.24, 2.45) is 0 Å². The van der Waals surface area contributed by atoms with E-state index in [2.05, 4.69) is 16.9 Å². The predicted octanol–water partition coefficient (Wildman–Crippen LogP) is 3.00. The van der Waals surface area contributed by atoms with Crippen molar-refractivity contribution in [1.82, 2.24) is 9.97 Å². The van der Waals surface area contributed by atoms with Crippen LogP contribution in [-0.2, 0) is 6.42 Å². The van der Waals surface area contributed by atoms with E-state index >= 15 is 0 Å². The topological polar surface area (TPSA) is 70.3 Å². The molecule has 0 aliphatic heterocycles. The number of hydrogen-bond acceptors (Lipinski definition) is 5. The molecule has 0 unspecified atom stereocenters. The van der Waals surface area contributed by atoms with Crippen molar-refractivity contribution in [2.45, 2.75) is 26.7 Å².